The number of ether oxygens (including phenoxy) is 1. The molecule has 1 aliphatic heterocycles. The van der Waals surface area contributed by atoms with Gasteiger partial charge in [0.1, 0.15) is 5.75 Å². The largest absolute Gasteiger partial charge is 0.494 e. The van der Waals surface area contributed by atoms with Gasteiger partial charge in [-0.05, 0) is 109 Å². The van der Waals surface area contributed by atoms with Gasteiger partial charge in [-0.25, -0.2) is 0 Å². The fourth-order valence-electron chi connectivity index (χ4n) is 6.09. The lowest BCUT2D eigenvalue weighted by Crippen LogP contribution is -2.47. The van der Waals surface area contributed by atoms with Crippen molar-refractivity contribution >= 4 is 46.7 Å². The molecule has 258 valence electrons. The van der Waals surface area contributed by atoms with Gasteiger partial charge in [-0.1, -0.05) is 54.6 Å². The highest BCUT2D eigenvalue weighted by Gasteiger charge is 2.22. The molecule has 0 saturated carbocycles. The number of carbonyl (C=O) groups excluding carboxylic acids is 1. The zero-order chi connectivity index (χ0) is 34.7. The van der Waals surface area contributed by atoms with Crippen molar-refractivity contribution in [3.63, 3.8) is 0 Å². The number of amides is 1. The molecule has 1 fully saturated rings. The molecule has 50 heavy (non-hydrogen) atoms. The predicted octanol–water partition coefficient (Wildman–Crippen LogP) is 8.86. The van der Waals surface area contributed by atoms with Crippen LogP contribution in [0.4, 0.5) is 17.1 Å². The maximum Gasteiger partial charge on any atom is 0.261 e. The second kappa shape index (κ2) is 17.4. The van der Waals surface area contributed by atoms with Crippen LogP contribution < -0.4 is 25.4 Å². The van der Waals surface area contributed by atoms with E-state index in [-0.39, 0.29) is 5.91 Å². The van der Waals surface area contributed by atoms with E-state index < -0.39 is 0 Å². The zero-order valence-electron chi connectivity index (χ0n) is 28.7. The van der Waals surface area contributed by atoms with Crippen molar-refractivity contribution in [2.75, 3.05) is 61.0 Å². The SMILES string of the molecule is CCOc1cccc(-c2ccc(C(C)N3CCN(c4ccc(C(=O)NSc5ccc(NCCSc6ccccc6)c(N)c5)cc4)CC3)cc2)c1. The quantitative estimate of drug-likeness (QED) is 0.0458. The Bertz CT molecular complexity index is 1830. The van der Waals surface area contributed by atoms with E-state index in [4.69, 9.17) is 10.5 Å². The summed E-state index contributed by atoms with van der Waals surface area (Å²) >= 11 is 3.08. The third-order valence-electron chi connectivity index (χ3n) is 8.94. The fourth-order valence-corrected chi connectivity index (χ4v) is 7.53. The van der Waals surface area contributed by atoms with E-state index >= 15 is 0 Å². The second-order valence-electron chi connectivity index (χ2n) is 12.2. The first-order chi connectivity index (χ1) is 24.5. The molecule has 0 aromatic heterocycles. The van der Waals surface area contributed by atoms with Crippen molar-refractivity contribution in [2.45, 2.75) is 29.7 Å². The lowest BCUT2D eigenvalue weighted by atomic mass is 10.00. The molecule has 1 heterocycles. The Balaban J connectivity index is 0.939. The number of piperazine rings is 1. The van der Waals surface area contributed by atoms with Crippen molar-refractivity contribution in [2.24, 2.45) is 0 Å². The Morgan fingerprint density at radius 2 is 1.58 bits per heavy atom. The maximum absolute atomic E-state index is 12.9. The van der Waals surface area contributed by atoms with Crippen molar-refractivity contribution < 1.29 is 9.53 Å². The highest BCUT2D eigenvalue weighted by Crippen LogP contribution is 2.29. The van der Waals surface area contributed by atoms with Gasteiger partial charge in [-0.2, -0.15) is 0 Å². The Labute approximate surface area is 304 Å². The molecule has 0 bridgehead atoms. The Kier molecular flexibility index (Phi) is 12.3. The molecule has 1 amide bonds. The summed E-state index contributed by atoms with van der Waals surface area (Å²) < 4.78 is 8.64. The van der Waals surface area contributed by atoms with Crippen LogP contribution in [0.1, 0.15) is 35.8 Å². The van der Waals surface area contributed by atoms with Crippen LogP contribution in [0.2, 0.25) is 0 Å². The van der Waals surface area contributed by atoms with Crippen LogP contribution in [0.3, 0.4) is 0 Å². The Morgan fingerprint density at radius 1 is 0.820 bits per heavy atom. The van der Waals surface area contributed by atoms with Gasteiger partial charge in [0, 0.05) is 65.6 Å². The van der Waals surface area contributed by atoms with E-state index in [2.05, 4.69) is 87.4 Å². The molecule has 1 atom stereocenters. The van der Waals surface area contributed by atoms with Crippen LogP contribution in [0.5, 0.6) is 5.75 Å². The van der Waals surface area contributed by atoms with E-state index in [1.54, 1.807) is 11.8 Å². The average Bonchev–Trinajstić information content (AvgIpc) is 3.17. The highest BCUT2D eigenvalue weighted by molar-refractivity contribution is 7.99. The Morgan fingerprint density at radius 3 is 2.30 bits per heavy atom. The Hall–Kier alpha value is -4.57. The number of carbonyl (C=O) groups is 1. The van der Waals surface area contributed by atoms with Crippen LogP contribution >= 0.6 is 23.7 Å². The molecule has 5 aromatic carbocycles. The molecule has 5 aromatic rings. The summed E-state index contributed by atoms with van der Waals surface area (Å²) in [6.07, 6.45) is 0. The lowest BCUT2D eigenvalue weighted by molar-refractivity contribution is 0.0984. The number of rotatable bonds is 14. The summed E-state index contributed by atoms with van der Waals surface area (Å²) in [7, 11) is 0. The normalized spacial score (nSPS) is 13.8. The molecule has 6 rings (SSSR count). The number of nitrogen functional groups attached to an aromatic ring is 1. The number of nitrogens with zero attached hydrogens (tertiary/aromatic N) is 2. The molecule has 0 spiro atoms. The first-order valence-electron chi connectivity index (χ1n) is 17.2. The highest BCUT2D eigenvalue weighted by atomic mass is 32.2. The minimum Gasteiger partial charge on any atom is -0.494 e. The van der Waals surface area contributed by atoms with Gasteiger partial charge in [-0.15, -0.1) is 11.8 Å². The summed E-state index contributed by atoms with van der Waals surface area (Å²) in [4.78, 5) is 20.0. The monoisotopic (exact) mass is 703 g/mol. The van der Waals surface area contributed by atoms with Gasteiger partial charge >= 0.3 is 0 Å². The molecule has 1 unspecified atom stereocenters. The van der Waals surface area contributed by atoms with Gasteiger partial charge < -0.3 is 20.7 Å². The predicted molar refractivity (Wildman–Crippen MR) is 212 cm³/mol. The van der Waals surface area contributed by atoms with Crippen molar-refractivity contribution in [3.05, 3.63) is 132 Å². The first-order valence-corrected chi connectivity index (χ1v) is 19.0. The van der Waals surface area contributed by atoms with Crippen molar-refractivity contribution in [1.29, 1.82) is 0 Å². The first kappa shape index (κ1) is 35.3. The molecule has 0 radical (unpaired) electrons. The maximum atomic E-state index is 12.9. The van der Waals surface area contributed by atoms with Gasteiger partial charge in [0.15, 0.2) is 0 Å². The third kappa shape index (κ3) is 9.35. The van der Waals surface area contributed by atoms with E-state index in [1.165, 1.54) is 33.5 Å². The van der Waals surface area contributed by atoms with Crippen molar-refractivity contribution in [3.8, 4) is 16.9 Å². The summed E-state index contributed by atoms with van der Waals surface area (Å²) in [5.41, 5.74) is 13.3. The molecular formula is C41H45N5O2S2. The van der Waals surface area contributed by atoms with E-state index in [1.807, 2.05) is 67.6 Å². The molecule has 1 saturated heterocycles. The van der Waals surface area contributed by atoms with Crippen LogP contribution in [0.15, 0.2) is 131 Å². The van der Waals surface area contributed by atoms with E-state index in [0.29, 0.717) is 23.9 Å². The van der Waals surface area contributed by atoms with E-state index in [0.717, 1.165) is 60.5 Å². The molecular weight excluding hydrogens is 659 g/mol. The average molecular weight is 704 g/mol. The smallest absolute Gasteiger partial charge is 0.261 e. The third-order valence-corrected chi connectivity index (χ3v) is 10.7. The molecule has 7 nitrogen and oxygen atoms in total. The van der Waals surface area contributed by atoms with Gasteiger partial charge in [0.05, 0.1) is 18.0 Å². The molecule has 9 heteroatoms. The fraction of sp³-hybridized carbons (Fsp3) is 0.244. The van der Waals surface area contributed by atoms with Gasteiger partial charge in [-0.3, -0.25) is 14.4 Å². The topological polar surface area (TPSA) is 82.9 Å². The number of anilines is 3. The van der Waals surface area contributed by atoms with Crippen LogP contribution in [0.25, 0.3) is 11.1 Å². The number of hydrogen-bond acceptors (Lipinski definition) is 8. The summed E-state index contributed by atoms with van der Waals surface area (Å²) in [6, 6.07) is 41.6. The molecule has 0 aliphatic carbocycles. The lowest BCUT2D eigenvalue weighted by Gasteiger charge is -2.39. The van der Waals surface area contributed by atoms with Crippen LogP contribution in [-0.2, 0) is 0 Å². The summed E-state index contributed by atoms with van der Waals surface area (Å²) in [5, 5.41) is 3.41. The minimum absolute atomic E-state index is 0.132. The number of nitrogens with one attached hydrogen (secondary N) is 2. The van der Waals surface area contributed by atoms with E-state index in [9.17, 15) is 4.79 Å². The minimum atomic E-state index is -0.132. The number of nitrogens with two attached hydrogens (primary N) is 1. The summed E-state index contributed by atoms with van der Waals surface area (Å²) in [5.74, 6) is 1.71. The summed E-state index contributed by atoms with van der Waals surface area (Å²) in [6.45, 7) is 9.59. The van der Waals surface area contributed by atoms with Crippen molar-refractivity contribution in [1.82, 2.24) is 9.62 Å². The van der Waals surface area contributed by atoms with Crippen LogP contribution in [0, 0.1) is 0 Å². The van der Waals surface area contributed by atoms with Gasteiger partial charge in [0.25, 0.3) is 5.91 Å². The zero-order valence-corrected chi connectivity index (χ0v) is 30.3. The molecule has 4 N–H and O–H groups in total. The second-order valence-corrected chi connectivity index (χ2v) is 14.2. The number of benzene rings is 5. The van der Waals surface area contributed by atoms with Crippen LogP contribution in [-0.4, -0.2) is 55.9 Å². The number of hydrogen-bond donors (Lipinski definition) is 3. The number of thioether (sulfide) groups is 1. The molecule has 1 aliphatic rings. The van der Waals surface area contributed by atoms with Gasteiger partial charge in [0.2, 0.25) is 0 Å². The standard InChI is InChI=1S/C41H45N5O2S2/c1-3-48-36-9-7-8-34(28-36)32-14-12-31(13-15-32)30(2)45-23-25-46(26-24-45)35-18-16-33(17-19-35)41(47)44-50-38-20-21-40(39(42)29-38)43-22-27-49-37-10-5-4-6-11-37/h4-21,28-30,43H,3,22-27,42H2,1-2H3,(H,44,47).